The first-order valence-electron chi connectivity index (χ1n) is 7.19. The molecule has 4 rings (SSSR count). The summed E-state index contributed by atoms with van der Waals surface area (Å²) in [4.78, 5) is 12.0. The van der Waals surface area contributed by atoms with Gasteiger partial charge in [-0.2, -0.15) is 5.11 Å². The van der Waals surface area contributed by atoms with E-state index >= 15 is 0 Å². The molecule has 0 saturated carbocycles. The largest absolute Gasteiger partial charge is 0.454 e. The van der Waals surface area contributed by atoms with Gasteiger partial charge in [-0.3, -0.25) is 15.0 Å². The highest BCUT2D eigenvalue weighted by atomic mass is 16.7. The van der Waals surface area contributed by atoms with E-state index in [4.69, 9.17) is 15.2 Å². The summed E-state index contributed by atoms with van der Waals surface area (Å²) in [5, 5.41) is 13.5. The van der Waals surface area contributed by atoms with E-state index in [2.05, 4.69) is 20.4 Å². The Morgan fingerprint density at radius 2 is 1.75 bits per heavy atom. The lowest BCUT2D eigenvalue weighted by Crippen LogP contribution is -1.96. The van der Waals surface area contributed by atoms with Crippen molar-refractivity contribution in [3.05, 3.63) is 52.8 Å². The number of hydrogen-bond donors (Lipinski definition) is 3. The molecule has 0 saturated heterocycles. The summed E-state index contributed by atoms with van der Waals surface area (Å²) < 4.78 is 10.5. The van der Waals surface area contributed by atoms with E-state index in [1.54, 1.807) is 42.5 Å². The van der Waals surface area contributed by atoms with E-state index < -0.39 is 0 Å². The molecule has 24 heavy (non-hydrogen) atoms. The maximum absolute atomic E-state index is 12.0. The number of aromatic nitrogens is 2. The zero-order valence-corrected chi connectivity index (χ0v) is 12.4. The second-order valence-corrected chi connectivity index (χ2v) is 5.16. The Morgan fingerprint density at radius 3 is 2.58 bits per heavy atom. The van der Waals surface area contributed by atoms with Crippen molar-refractivity contribution in [1.82, 2.24) is 10.2 Å². The quantitative estimate of drug-likeness (QED) is 0.507. The van der Waals surface area contributed by atoms with Crippen LogP contribution in [0.5, 0.6) is 11.5 Å². The standard InChI is InChI=1S/C16H13N5O3/c17-10-3-1-9(2-4-10)14-15(16(22)21-19-14)20-18-11-5-6-12-13(7-11)24-8-23-12/h1-7H,8,17H2,(H2,19,21,22). The fourth-order valence-electron chi connectivity index (χ4n) is 2.36. The van der Waals surface area contributed by atoms with Gasteiger partial charge in [-0.1, -0.05) is 12.1 Å². The van der Waals surface area contributed by atoms with Crippen LogP contribution in [-0.2, 0) is 0 Å². The van der Waals surface area contributed by atoms with Crippen LogP contribution in [0.2, 0.25) is 0 Å². The van der Waals surface area contributed by atoms with Gasteiger partial charge in [0.25, 0.3) is 5.56 Å². The van der Waals surface area contributed by atoms with Crippen LogP contribution in [0.15, 0.2) is 57.5 Å². The number of ether oxygens (including phenoxy) is 2. The van der Waals surface area contributed by atoms with Gasteiger partial charge in [0.15, 0.2) is 17.2 Å². The number of nitrogens with zero attached hydrogens (tertiary/aromatic N) is 2. The molecular weight excluding hydrogens is 310 g/mol. The zero-order valence-electron chi connectivity index (χ0n) is 12.4. The van der Waals surface area contributed by atoms with Gasteiger partial charge in [0.1, 0.15) is 0 Å². The topological polar surface area (TPSA) is 118 Å². The first kappa shape index (κ1) is 14.1. The lowest BCUT2D eigenvalue weighted by Gasteiger charge is -2.00. The van der Waals surface area contributed by atoms with Crippen LogP contribution < -0.4 is 20.8 Å². The predicted octanol–water partition coefficient (Wildman–Crippen LogP) is 3.10. The molecule has 0 unspecified atom stereocenters. The van der Waals surface area contributed by atoms with E-state index in [0.29, 0.717) is 28.6 Å². The van der Waals surface area contributed by atoms with Crippen molar-refractivity contribution < 1.29 is 9.47 Å². The monoisotopic (exact) mass is 323 g/mol. The van der Waals surface area contributed by atoms with Gasteiger partial charge in [0, 0.05) is 17.3 Å². The SMILES string of the molecule is Nc1ccc(-c2[nH][nH]c(=O)c2N=Nc2ccc3c(c2)OCO3)cc1. The van der Waals surface area contributed by atoms with Gasteiger partial charge < -0.3 is 15.2 Å². The van der Waals surface area contributed by atoms with Crippen LogP contribution >= 0.6 is 0 Å². The minimum Gasteiger partial charge on any atom is -0.454 e. The van der Waals surface area contributed by atoms with Crippen molar-refractivity contribution in [2.45, 2.75) is 0 Å². The van der Waals surface area contributed by atoms with Crippen LogP contribution in [0.1, 0.15) is 0 Å². The smallest absolute Gasteiger partial charge is 0.292 e. The molecule has 0 fully saturated rings. The Balaban J connectivity index is 1.68. The van der Waals surface area contributed by atoms with Crippen molar-refractivity contribution >= 4 is 17.1 Å². The molecule has 4 N–H and O–H groups in total. The lowest BCUT2D eigenvalue weighted by atomic mass is 10.1. The fraction of sp³-hybridized carbons (Fsp3) is 0.0625. The minimum absolute atomic E-state index is 0.189. The first-order chi connectivity index (χ1) is 11.7. The van der Waals surface area contributed by atoms with Crippen molar-refractivity contribution in [3.63, 3.8) is 0 Å². The second kappa shape index (κ2) is 5.58. The lowest BCUT2D eigenvalue weighted by molar-refractivity contribution is 0.174. The van der Waals surface area contributed by atoms with E-state index in [-0.39, 0.29) is 18.0 Å². The molecule has 3 aromatic rings. The average Bonchev–Trinajstić information content (AvgIpc) is 3.20. The van der Waals surface area contributed by atoms with Crippen LogP contribution in [0, 0.1) is 0 Å². The molecule has 0 bridgehead atoms. The van der Waals surface area contributed by atoms with Crippen molar-refractivity contribution in [3.8, 4) is 22.8 Å². The summed E-state index contributed by atoms with van der Waals surface area (Å²) in [5.41, 5.74) is 8.04. The number of nitrogens with two attached hydrogens (primary N) is 1. The summed E-state index contributed by atoms with van der Waals surface area (Å²) in [6, 6.07) is 12.3. The summed E-state index contributed by atoms with van der Waals surface area (Å²) >= 11 is 0. The highest BCUT2D eigenvalue weighted by Crippen LogP contribution is 2.36. The van der Waals surface area contributed by atoms with Gasteiger partial charge in [-0.15, -0.1) is 5.11 Å². The van der Waals surface area contributed by atoms with Crippen LogP contribution in [0.3, 0.4) is 0 Å². The number of benzene rings is 2. The maximum atomic E-state index is 12.0. The normalized spacial score (nSPS) is 12.8. The molecule has 0 amide bonds. The molecular formula is C16H13N5O3. The predicted molar refractivity (Wildman–Crippen MR) is 88.0 cm³/mol. The van der Waals surface area contributed by atoms with Crippen LogP contribution in [0.25, 0.3) is 11.3 Å². The Kier molecular flexibility index (Phi) is 3.27. The molecule has 0 radical (unpaired) electrons. The Morgan fingerprint density at radius 1 is 0.958 bits per heavy atom. The summed E-state index contributed by atoms with van der Waals surface area (Å²) in [6.45, 7) is 0.189. The maximum Gasteiger partial charge on any atom is 0.292 e. The molecule has 2 heterocycles. The number of fused-ring (bicyclic) bond motifs is 1. The van der Waals surface area contributed by atoms with Gasteiger partial charge in [-0.05, 0) is 24.3 Å². The molecule has 8 heteroatoms. The van der Waals surface area contributed by atoms with Gasteiger partial charge in [0.2, 0.25) is 6.79 Å². The molecule has 1 aliphatic heterocycles. The number of hydrogen-bond acceptors (Lipinski definition) is 6. The molecule has 2 aromatic carbocycles. The third kappa shape index (κ3) is 2.50. The Labute approximate surface area is 135 Å². The van der Waals surface area contributed by atoms with E-state index in [0.717, 1.165) is 5.56 Å². The molecule has 8 nitrogen and oxygen atoms in total. The van der Waals surface area contributed by atoms with E-state index in [1.807, 2.05) is 0 Å². The minimum atomic E-state index is -0.355. The number of nitrogens with one attached hydrogen (secondary N) is 2. The average molecular weight is 323 g/mol. The van der Waals surface area contributed by atoms with Crippen molar-refractivity contribution in [2.24, 2.45) is 10.2 Å². The van der Waals surface area contributed by atoms with E-state index in [9.17, 15) is 4.79 Å². The number of nitrogen functional groups attached to an aromatic ring is 1. The van der Waals surface area contributed by atoms with Crippen LogP contribution in [0.4, 0.5) is 17.1 Å². The molecule has 0 atom stereocenters. The van der Waals surface area contributed by atoms with Gasteiger partial charge >= 0.3 is 0 Å². The second-order valence-electron chi connectivity index (χ2n) is 5.16. The highest BCUT2D eigenvalue weighted by Gasteiger charge is 2.14. The third-order valence-corrected chi connectivity index (χ3v) is 3.57. The Bertz CT molecular complexity index is 972. The van der Waals surface area contributed by atoms with Crippen molar-refractivity contribution in [1.29, 1.82) is 0 Å². The summed E-state index contributed by atoms with van der Waals surface area (Å²) in [7, 11) is 0. The highest BCUT2D eigenvalue weighted by molar-refractivity contribution is 5.72. The van der Waals surface area contributed by atoms with Crippen LogP contribution in [-0.4, -0.2) is 17.0 Å². The number of azo groups is 1. The number of aromatic amines is 2. The Hall–Kier alpha value is -3.55. The number of rotatable bonds is 3. The number of anilines is 1. The molecule has 0 spiro atoms. The molecule has 120 valence electrons. The molecule has 1 aliphatic rings. The zero-order chi connectivity index (χ0) is 16.5. The first-order valence-corrected chi connectivity index (χ1v) is 7.19. The fourth-order valence-corrected chi connectivity index (χ4v) is 2.36. The number of H-pyrrole nitrogens is 2. The summed E-state index contributed by atoms with van der Waals surface area (Å²) in [6.07, 6.45) is 0. The van der Waals surface area contributed by atoms with E-state index in [1.165, 1.54) is 0 Å². The van der Waals surface area contributed by atoms with Gasteiger partial charge in [0.05, 0.1) is 11.4 Å². The molecule has 1 aromatic heterocycles. The van der Waals surface area contributed by atoms with Gasteiger partial charge in [-0.25, -0.2) is 0 Å². The third-order valence-electron chi connectivity index (χ3n) is 3.57. The summed E-state index contributed by atoms with van der Waals surface area (Å²) in [5.74, 6) is 1.27. The molecule has 0 aliphatic carbocycles. The van der Waals surface area contributed by atoms with Crippen molar-refractivity contribution in [2.75, 3.05) is 12.5 Å².